The first-order chi connectivity index (χ1) is 13.6. The van der Waals surface area contributed by atoms with Gasteiger partial charge in [-0.15, -0.1) is 0 Å². The molecule has 29 heavy (non-hydrogen) atoms. The summed E-state index contributed by atoms with van der Waals surface area (Å²) in [6, 6.07) is 5.17. The van der Waals surface area contributed by atoms with Gasteiger partial charge in [0.1, 0.15) is 0 Å². The number of alkyl halides is 3. The molecule has 158 valence electrons. The first-order valence-corrected chi connectivity index (χ1v) is 9.67. The summed E-state index contributed by atoms with van der Waals surface area (Å²) in [4.78, 5) is 28.2. The van der Waals surface area contributed by atoms with Crippen molar-refractivity contribution in [2.24, 2.45) is 11.8 Å². The van der Waals surface area contributed by atoms with Crippen LogP contribution in [0.4, 0.5) is 18.9 Å². The van der Waals surface area contributed by atoms with Gasteiger partial charge in [0.05, 0.1) is 17.4 Å². The predicted octanol–water partition coefficient (Wildman–Crippen LogP) is 3.80. The van der Waals surface area contributed by atoms with Crippen LogP contribution >= 0.6 is 0 Å². The lowest BCUT2D eigenvalue weighted by molar-refractivity contribution is -0.151. The van der Waals surface area contributed by atoms with Gasteiger partial charge in [0.25, 0.3) is 0 Å². The van der Waals surface area contributed by atoms with Crippen LogP contribution < -0.4 is 4.90 Å². The smallest absolute Gasteiger partial charge is 0.416 e. The highest BCUT2D eigenvalue weighted by Gasteiger charge is 2.40. The maximum Gasteiger partial charge on any atom is 0.416 e. The molecule has 0 radical (unpaired) electrons. The molecule has 1 aliphatic heterocycles. The zero-order valence-corrected chi connectivity index (χ0v) is 16.5. The number of carboxylic acids is 1. The summed E-state index contributed by atoms with van der Waals surface area (Å²) >= 11 is 0. The van der Waals surface area contributed by atoms with E-state index in [1.807, 2.05) is 18.7 Å². The van der Waals surface area contributed by atoms with Gasteiger partial charge in [0.15, 0.2) is 0 Å². The van der Waals surface area contributed by atoms with Crippen molar-refractivity contribution in [2.45, 2.75) is 32.9 Å². The highest BCUT2D eigenvalue weighted by Crippen LogP contribution is 2.36. The van der Waals surface area contributed by atoms with E-state index in [-0.39, 0.29) is 5.91 Å². The van der Waals surface area contributed by atoms with E-state index < -0.39 is 29.5 Å². The molecule has 1 fully saturated rings. The van der Waals surface area contributed by atoms with E-state index >= 15 is 0 Å². The average Bonchev–Trinajstić information content (AvgIpc) is 2.68. The molecule has 0 spiro atoms. The first-order valence-electron chi connectivity index (χ1n) is 9.67. The van der Waals surface area contributed by atoms with Crippen LogP contribution in [-0.4, -0.2) is 48.1 Å². The van der Waals surface area contributed by atoms with E-state index in [0.29, 0.717) is 44.7 Å². The molecular weight excluding hydrogens is 385 g/mol. The van der Waals surface area contributed by atoms with Crippen LogP contribution in [-0.2, 0) is 15.8 Å². The lowest BCUT2D eigenvalue weighted by Crippen LogP contribution is -2.52. The number of allylic oxidation sites excluding steroid dienone is 2. The van der Waals surface area contributed by atoms with Crippen molar-refractivity contribution in [3.05, 3.63) is 41.0 Å². The molecule has 3 rings (SSSR count). The monoisotopic (exact) mass is 410 g/mol. The maximum atomic E-state index is 13.0. The number of rotatable bonds is 3. The van der Waals surface area contributed by atoms with Crippen LogP contribution in [0, 0.1) is 11.8 Å². The number of hydrogen-bond acceptors (Lipinski definition) is 3. The summed E-state index contributed by atoms with van der Waals surface area (Å²) in [5, 5.41) is 9.55. The fraction of sp³-hybridized carbons (Fsp3) is 0.524. The van der Waals surface area contributed by atoms with Crippen LogP contribution in [0.1, 0.15) is 32.3 Å². The van der Waals surface area contributed by atoms with Crippen LogP contribution in [0.15, 0.2) is 35.4 Å². The quantitative estimate of drug-likeness (QED) is 0.770. The van der Waals surface area contributed by atoms with Gasteiger partial charge in [-0.25, -0.2) is 0 Å². The van der Waals surface area contributed by atoms with Crippen molar-refractivity contribution in [3.63, 3.8) is 0 Å². The summed E-state index contributed by atoms with van der Waals surface area (Å²) < 4.78 is 38.8. The number of amides is 1. The molecule has 1 amide bonds. The van der Waals surface area contributed by atoms with E-state index in [2.05, 4.69) is 0 Å². The fourth-order valence-electron chi connectivity index (χ4n) is 4.11. The largest absolute Gasteiger partial charge is 0.481 e. The van der Waals surface area contributed by atoms with E-state index in [4.69, 9.17) is 0 Å². The molecule has 0 saturated carbocycles. The lowest BCUT2D eigenvalue weighted by atomic mass is 9.76. The molecule has 1 aromatic rings. The molecule has 0 bridgehead atoms. The average molecular weight is 410 g/mol. The Balaban J connectivity index is 1.67. The molecule has 1 N–H and O–H groups in total. The number of carbonyl (C=O) groups is 2. The SMILES string of the molecule is CC1=C(C)CC(C(=O)N2CCN(c3cccc(C(F)(F)F)c3)CC2)C(C(=O)O)C1. The summed E-state index contributed by atoms with van der Waals surface area (Å²) in [7, 11) is 0. The second-order valence-corrected chi connectivity index (χ2v) is 7.88. The van der Waals surface area contributed by atoms with Crippen molar-refractivity contribution < 1.29 is 27.9 Å². The molecule has 2 unspecified atom stereocenters. The Hall–Kier alpha value is -2.51. The van der Waals surface area contributed by atoms with Gasteiger partial charge < -0.3 is 14.9 Å². The van der Waals surface area contributed by atoms with Crippen LogP contribution in [0.2, 0.25) is 0 Å². The van der Waals surface area contributed by atoms with Crippen molar-refractivity contribution in [2.75, 3.05) is 31.1 Å². The van der Waals surface area contributed by atoms with Gasteiger partial charge in [-0.05, 0) is 44.9 Å². The summed E-state index contributed by atoms with van der Waals surface area (Å²) in [5.74, 6) is -2.45. The standard InChI is InChI=1S/C21H25F3N2O3/c1-13-10-17(18(20(28)29)11-14(13)2)19(27)26-8-6-25(7-9-26)16-5-3-4-15(12-16)21(22,23)24/h3-5,12,17-18H,6-11H2,1-2H3,(H,28,29). The number of piperazine rings is 1. The van der Waals surface area contributed by atoms with Gasteiger partial charge in [0.2, 0.25) is 5.91 Å². The zero-order chi connectivity index (χ0) is 21.3. The molecular formula is C21H25F3N2O3. The number of halogens is 3. The minimum absolute atomic E-state index is 0.173. The molecule has 2 atom stereocenters. The van der Waals surface area contributed by atoms with Gasteiger partial charge >= 0.3 is 12.1 Å². The third kappa shape index (κ3) is 4.57. The summed E-state index contributed by atoms with van der Waals surface area (Å²) in [5.41, 5.74) is 1.86. The maximum absolute atomic E-state index is 13.0. The zero-order valence-electron chi connectivity index (χ0n) is 16.5. The molecule has 1 saturated heterocycles. The number of carbonyl (C=O) groups excluding carboxylic acids is 1. The highest BCUT2D eigenvalue weighted by atomic mass is 19.4. The van der Waals surface area contributed by atoms with Crippen molar-refractivity contribution in [3.8, 4) is 0 Å². The van der Waals surface area contributed by atoms with Gasteiger partial charge in [-0.3, -0.25) is 9.59 Å². The minimum atomic E-state index is -4.40. The Morgan fingerprint density at radius 2 is 1.59 bits per heavy atom. The Bertz CT molecular complexity index is 827. The molecule has 5 nitrogen and oxygen atoms in total. The van der Waals surface area contributed by atoms with Crippen molar-refractivity contribution in [1.82, 2.24) is 4.90 Å². The fourth-order valence-corrected chi connectivity index (χ4v) is 4.11. The first kappa shape index (κ1) is 21.2. The number of carboxylic acid groups (broad SMARTS) is 1. The topological polar surface area (TPSA) is 60.9 Å². The summed E-state index contributed by atoms with van der Waals surface area (Å²) in [6.45, 7) is 5.37. The molecule has 0 aromatic heterocycles. The second kappa shape index (κ2) is 8.08. The van der Waals surface area contributed by atoms with Crippen molar-refractivity contribution >= 4 is 17.6 Å². The molecule has 2 aliphatic rings. The molecule has 1 heterocycles. The Labute approximate surface area is 167 Å². The molecule has 8 heteroatoms. The Kier molecular flexibility index (Phi) is 5.91. The number of aliphatic carboxylic acids is 1. The number of anilines is 1. The third-order valence-electron chi connectivity index (χ3n) is 6.03. The van der Waals surface area contributed by atoms with E-state index in [9.17, 15) is 27.9 Å². The van der Waals surface area contributed by atoms with E-state index in [1.165, 1.54) is 6.07 Å². The van der Waals surface area contributed by atoms with E-state index in [0.717, 1.165) is 23.3 Å². The number of hydrogen-bond donors (Lipinski definition) is 1. The van der Waals surface area contributed by atoms with Gasteiger partial charge in [-0.2, -0.15) is 13.2 Å². The number of benzene rings is 1. The van der Waals surface area contributed by atoms with Crippen molar-refractivity contribution in [1.29, 1.82) is 0 Å². The van der Waals surface area contributed by atoms with E-state index in [1.54, 1.807) is 11.0 Å². The van der Waals surface area contributed by atoms with Crippen LogP contribution in [0.5, 0.6) is 0 Å². The number of nitrogens with zero attached hydrogens (tertiary/aromatic N) is 2. The molecule has 1 aliphatic carbocycles. The predicted molar refractivity (Wildman–Crippen MR) is 102 cm³/mol. The van der Waals surface area contributed by atoms with Crippen LogP contribution in [0.25, 0.3) is 0 Å². The lowest BCUT2D eigenvalue weighted by Gasteiger charge is -2.39. The second-order valence-electron chi connectivity index (χ2n) is 7.88. The highest BCUT2D eigenvalue weighted by molar-refractivity contribution is 5.86. The van der Waals surface area contributed by atoms with Gasteiger partial charge in [-0.1, -0.05) is 17.2 Å². The minimum Gasteiger partial charge on any atom is -0.481 e. The van der Waals surface area contributed by atoms with Gasteiger partial charge in [0, 0.05) is 31.9 Å². The Morgan fingerprint density at radius 1 is 1.00 bits per heavy atom. The molecule has 1 aromatic carbocycles. The normalized spacial score (nSPS) is 23.3. The summed E-state index contributed by atoms with van der Waals surface area (Å²) in [6.07, 6.45) is -3.58. The third-order valence-corrected chi connectivity index (χ3v) is 6.03. The van der Waals surface area contributed by atoms with Crippen LogP contribution in [0.3, 0.4) is 0 Å². The Morgan fingerprint density at radius 3 is 2.14 bits per heavy atom.